The third-order valence-corrected chi connectivity index (χ3v) is 3.54. The molecule has 0 aliphatic carbocycles. The molecule has 21 heavy (non-hydrogen) atoms. The number of nitrogens with one attached hydrogen (secondary N) is 1. The maximum Gasteiger partial charge on any atom is 0.354 e. The first-order valence-electron chi connectivity index (χ1n) is 6.76. The highest BCUT2D eigenvalue weighted by molar-refractivity contribution is 5.99. The van der Waals surface area contributed by atoms with Crippen molar-refractivity contribution in [3.63, 3.8) is 0 Å². The van der Waals surface area contributed by atoms with Gasteiger partial charge in [0, 0.05) is 25.4 Å². The lowest BCUT2D eigenvalue weighted by atomic mass is 10.00. The molecule has 1 aromatic rings. The van der Waals surface area contributed by atoms with Crippen LogP contribution in [0.4, 0.5) is 0 Å². The molecule has 0 aromatic carbocycles. The largest absolute Gasteiger partial charge is 0.477 e. The maximum absolute atomic E-state index is 12.5. The summed E-state index contributed by atoms with van der Waals surface area (Å²) in [6, 6.07) is 2.20. The number of piperidine rings is 1. The Morgan fingerprint density at radius 1 is 1.38 bits per heavy atom. The first-order valence-corrected chi connectivity index (χ1v) is 6.76. The number of pyridine rings is 1. The highest BCUT2D eigenvalue weighted by Crippen LogP contribution is 2.20. The van der Waals surface area contributed by atoms with Crippen molar-refractivity contribution in [2.75, 3.05) is 13.6 Å². The van der Waals surface area contributed by atoms with Crippen molar-refractivity contribution >= 4 is 17.8 Å². The van der Waals surface area contributed by atoms with Gasteiger partial charge in [-0.2, -0.15) is 0 Å². The van der Waals surface area contributed by atoms with Gasteiger partial charge < -0.3 is 15.3 Å². The van der Waals surface area contributed by atoms with Gasteiger partial charge in [-0.15, -0.1) is 0 Å². The van der Waals surface area contributed by atoms with E-state index in [9.17, 15) is 14.4 Å². The highest BCUT2D eigenvalue weighted by Gasteiger charge is 2.32. The average molecular weight is 291 g/mol. The van der Waals surface area contributed by atoms with Gasteiger partial charge in [-0.05, 0) is 31.4 Å². The molecule has 112 valence electrons. The van der Waals surface area contributed by atoms with E-state index in [1.807, 2.05) is 0 Å². The molecule has 1 aliphatic rings. The second-order valence-electron chi connectivity index (χ2n) is 4.86. The normalized spacial score (nSPS) is 18.1. The number of amides is 2. The fourth-order valence-corrected chi connectivity index (χ4v) is 2.46. The molecule has 7 heteroatoms. The Morgan fingerprint density at radius 3 is 2.81 bits per heavy atom. The van der Waals surface area contributed by atoms with Gasteiger partial charge in [0.05, 0.1) is 0 Å². The van der Waals surface area contributed by atoms with E-state index < -0.39 is 12.0 Å². The van der Waals surface area contributed by atoms with Crippen molar-refractivity contribution in [2.45, 2.75) is 25.3 Å². The number of carboxylic acids is 1. The molecule has 1 saturated heterocycles. The average Bonchev–Trinajstić information content (AvgIpc) is 2.53. The number of carbonyl (C=O) groups is 3. The maximum atomic E-state index is 12.5. The molecular formula is C14H17N3O4. The van der Waals surface area contributed by atoms with E-state index in [1.165, 1.54) is 30.3 Å². The molecule has 7 nitrogen and oxygen atoms in total. The van der Waals surface area contributed by atoms with Crippen molar-refractivity contribution in [1.29, 1.82) is 0 Å². The Hall–Kier alpha value is -2.44. The smallest absolute Gasteiger partial charge is 0.354 e. The van der Waals surface area contributed by atoms with Crippen LogP contribution >= 0.6 is 0 Å². The number of rotatable bonds is 3. The molecule has 2 rings (SSSR count). The SMILES string of the molecule is CNC(=O)C1CCCCN1C(=O)c1ccnc(C(=O)O)c1. The van der Waals surface area contributed by atoms with Crippen molar-refractivity contribution < 1.29 is 19.5 Å². The van der Waals surface area contributed by atoms with Gasteiger partial charge in [0.2, 0.25) is 5.91 Å². The predicted molar refractivity (Wildman–Crippen MR) is 73.9 cm³/mol. The third kappa shape index (κ3) is 3.18. The van der Waals surface area contributed by atoms with Crippen LogP contribution < -0.4 is 5.32 Å². The Bertz CT molecular complexity index is 573. The quantitative estimate of drug-likeness (QED) is 0.845. The van der Waals surface area contributed by atoms with Gasteiger partial charge in [0.15, 0.2) is 0 Å². The fourth-order valence-electron chi connectivity index (χ4n) is 2.46. The lowest BCUT2D eigenvalue weighted by Gasteiger charge is -2.34. The number of hydrogen-bond acceptors (Lipinski definition) is 4. The zero-order valence-electron chi connectivity index (χ0n) is 11.7. The van der Waals surface area contributed by atoms with E-state index in [4.69, 9.17) is 5.11 Å². The molecule has 1 unspecified atom stereocenters. The highest BCUT2D eigenvalue weighted by atomic mass is 16.4. The zero-order valence-corrected chi connectivity index (χ0v) is 11.7. The van der Waals surface area contributed by atoms with Crippen LogP contribution in [0.2, 0.25) is 0 Å². The molecule has 0 saturated carbocycles. The van der Waals surface area contributed by atoms with E-state index in [2.05, 4.69) is 10.3 Å². The molecule has 0 spiro atoms. The molecule has 0 bridgehead atoms. The molecule has 1 atom stereocenters. The van der Waals surface area contributed by atoms with E-state index in [0.717, 1.165) is 12.8 Å². The summed E-state index contributed by atoms with van der Waals surface area (Å²) in [6.07, 6.45) is 3.62. The van der Waals surface area contributed by atoms with Crippen LogP contribution in [0, 0.1) is 0 Å². The second kappa shape index (κ2) is 6.34. The lowest BCUT2D eigenvalue weighted by molar-refractivity contribution is -0.126. The summed E-state index contributed by atoms with van der Waals surface area (Å²) >= 11 is 0. The van der Waals surface area contributed by atoms with Crippen molar-refractivity contribution in [2.24, 2.45) is 0 Å². The summed E-state index contributed by atoms with van der Waals surface area (Å²) in [5.74, 6) is -1.73. The number of aromatic nitrogens is 1. The molecule has 0 radical (unpaired) electrons. The van der Waals surface area contributed by atoms with Gasteiger partial charge in [0.25, 0.3) is 5.91 Å². The molecule has 1 aliphatic heterocycles. The van der Waals surface area contributed by atoms with Crippen LogP contribution in [0.1, 0.15) is 40.1 Å². The number of carbonyl (C=O) groups excluding carboxylic acids is 2. The predicted octanol–water partition coefficient (Wildman–Crippen LogP) is 0.520. The number of hydrogen-bond donors (Lipinski definition) is 2. The Morgan fingerprint density at radius 2 is 2.14 bits per heavy atom. The molecular weight excluding hydrogens is 274 g/mol. The summed E-state index contributed by atoms with van der Waals surface area (Å²) in [7, 11) is 1.54. The topological polar surface area (TPSA) is 99.6 Å². The first-order chi connectivity index (χ1) is 10.0. The Balaban J connectivity index is 2.26. The molecule has 2 amide bonds. The van der Waals surface area contributed by atoms with Gasteiger partial charge in [-0.1, -0.05) is 0 Å². The Kier molecular flexibility index (Phi) is 4.52. The van der Waals surface area contributed by atoms with E-state index in [0.29, 0.717) is 13.0 Å². The molecule has 1 fully saturated rings. The summed E-state index contributed by atoms with van der Waals surface area (Å²) in [5.41, 5.74) is 0.0487. The number of aromatic carboxylic acids is 1. The standard InChI is InChI=1S/C14H17N3O4/c1-15-12(18)11-4-2-3-7-17(11)13(19)9-5-6-16-10(8-9)14(20)21/h5-6,8,11H,2-4,7H2,1H3,(H,15,18)(H,20,21). The van der Waals surface area contributed by atoms with Gasteiger partial charge in [-0.25, -0.2) is 9.78 Å². The van der Waals surface area contributed by atoms with Crippen molar-refractivity contribution in [3.8, 4) is 0 Å². The van der Waals surface area contributed by atoms with E-state index in [1.54, 1.807) is 0 Å². The van der Waals surface area contributed by atoms with Crippen LogP contribution in [0.25, 0.3) is 0 Å². The summed E-state index contributed by atoms with van der Waals surface area (Å²) in [4.78, 5) is 40.5. The van der Waals surface area contributed by atoms with Crippen LogP contribution in [0.3, 0.4) is 0 Å². The van der Waals surface area contributed by atoms with Crippen LogP contribution in [-0.2, 0) is 4.79 Å². The zero-order chi connectivity index (χ0) is 15.4. The van der Waals surface area contributed by atoms with E-state index >= 15 is 0 Å². The minimum absolute atomic E-state index is 0.186. The van der Waals surface area contributed by atoms with Crippen molar-refractivity contribution in [1.82, 2.24) is 15.2 Å². The minimum Gasteiger partial charge on any atom is -0.477 e. The third-order valence-electron chi connectivity index (χ3n) is 3.54. The Labute approximate surface area is 122 Å². The monoisotopic (exact) mass is 291 g/mol. The van der Waals surface area contributed by atoms with Crippen LogP contribution in [0.15, 0.2) is 18.3 Å². The molecule has 2 heterocycles. The number of carboxylic acid groups (broad SMARTS) is 1. The molecule has 2 N–H and O–H groups in total. The lowest BCUT2D eigenvalue weighted by Crippen LogP contribution is -2.51. The minimum atomic E-state index is -1.19. The fraction of sp³-hybridized carbons (Fsp3) is 0.429. The van der Waals surface area contributed by atoms with Gasteiger partial charge in [0.1, 0.15) is 11.7 Å². The number of nitrogens with zero attached hydrogens (tertiary/aromatic N) is 2. The molecule has 1 aromatic heterocycles. The summed E-state index contributed by atoms with van der Waals surface area (Å²) in [5, 5.41) is 11.5. The van der Waals surface area contributed by atoms with Gasteiger partial charge in [-0.3, -0.25) is 9.59 Å². The summed E-state index contributed by atoms with van der Waals surface area (Å²) < 4.78 is 0. The van der Waals surface area contributed by atoms with Crippen molar-refractivity contribution in [3.05, 3.63) is 29.6 Å². The number of likely N-dealkylation sites (N-methyl/N-ethyl adjacent to an activating group) is 1. The van der Waals surface area contributed by atoms with E-state index in [-0.39, 0.29) is 23.1 Å². The van der Waals surface area contributed by atoms with Crippen LogP contribution in [-0.4, -0.2) is 52.4 Å². The van der Waals surface area contributed by atoms with Crippen LogP contribution in [0.5, 0.6) is 0 Å². The van der Waals surface area contributed by atoms with Gasteiger partial charge >= 0.3 is 5.97 Å². The first kappa shape index (κ1) is 15.0. The second-order valence-corrected chi connectivity index (χ2v) is 4.86. The number of likely N-dealkylation sites (tertiary alicyclic amines) is 1. The summed E-state index contributed by atoms with van der Waals surface area (Å²) in [6.45, 7) is 0.488.